The molecule has 0 spiro atoms. The standard InChI is InChI=1S/C14H24N6S/c1-4-7-20(5-2)8-6-16-12-11-9-10(3)21-13(11)18-14(17-12)19-15/h9H,4-8,15H2,1-3H3,(H2,16,17,18,19). The highest BCUT2D eigenvalue weighted by Gasteiger charge is 2.10. The summed E-state index contributed by atoms with van der Waals surface area (Å²) < 4.78 is 0. The number of rotatable bonds is 8. The van der Waals surface area contributed by atoms with Crippen LogP contribution in [0.25, 0.3) is 10.2 Å². The van der Waals surface area contributed by atoms with Gasteiger partial charge in [0.05, 0.1) is 5.39 Å². The fraction of sp³-hybridized carbons (Fsp3) is 0.571. The maximum absolute atomic E-state index is 5.45. The highest BCUT2D eigenvalue weighted by Crippen LogP contribution is 2.29. The molecule has 0 atom stereocenters. The summed E-state index contributed by atoms with van der Waals surface area (Å²) >= 11 is 1.65. The number of likely N-dealkylation sites (N-methyl/N-ethyl adjacent to an activating group) is 1. The third-order valence-corrected chi connectivity index (χ3v) is 4.30. The molecule has 0 unspecified atom stereocenters. The van der Waals surface area contributed by atoms with Crippen molar-refractivity contribution in [2.75, 3.05) is 36.9 Å². The molecule has 7 heteroatoms. The first-order chi connectivity index (χ1) is 10.2. The van der Waals surface area contributed by atoms with E-state index >= 15 is 0 Å². The number of fused-ring (bicyclic) bond motifs is 1. The second-order valence-electron chi connectivity index (χ2n) is 4.98. The quantitative estimate of drug-likeness (QED) is 0.513. The van der Waals surface area contributed by atoms with Crippen molar-refractivity contribution in [3.8, 4) is 0 Å². The predicted molar refractivity (Wildman–Crippen MR) is 90.9 cm³/mol. The van der Waals surface area contributed by atoms with Crippen molar-refractivity contribution in [2.24, 2.45) is 5.84 Å². The lowest BCUT2D eigenvalue weighted by molar-refractivity contribution is 0.300. The number of hydrazine groups is 1. The molecule has 4 N–H and O–H groups in total. The Morgan fingerprint density at radius 2 is 2.10 bits per heavy atom. The Hall–Kier alpha value is -1.44. The monoisotopic (exact) mass is 308 g/mol. The Morgan fingerprint density at radius 3 is 2.76 bits per heavy atom. The zero-order valence-corrected chi connectivity index (χ0v) is 13.8. The van der Waals surface area contributed by atoms with Gasteiger partial charge in [-0.15, -0.1) is 11.3 Å². The van der Waals surface area contributed by atoms with Crippen LogP contribution in [-0.4, -0.2) is 41.0 Å². The van der Waals surface area contributed by atoms with Gasteiger partial charge >= 0.3 is 0 Å². The maximum Gasteiger partial charge on any atom is 0.240 e. The van der Waals surface area contributed by atoms with Gasteiger partial charge in [0, 0.05) is 18.0 Å². The van der Waals surface area contributed by atoms with Crippen LogP contribution < -0.4 is 16.6 Å². The first kappa shape index (κ1) is 15.9. The second-order valence-corrected chi connectivity index (χ2v) is 6.21. The van der Waals surface area contributed by atoms with Crippen molar-refractivity contribution in [2.45, 2.75) is 27.2 Å². The molecule has 2 aromatic heterocycles. The summed E-state index contributed by atoms with van der Waals surface area (Å²) in [6.45, 7) is 10.5. The van der Waals surface area contributed by atoms with E-state index in [1.54, 1.807) is 11.3 Å². The number of nitrogens with two attached hydrogens (primary N) is 1. The van der Waals surface area contributed by atoms with Crippen molar-refractivity contribution in [3.63, 3.8) is 0 Å². The minimum Gasteiger partial charge on any atom is -0.368 e. The molecule has 0 bridgehead atoms. The van der Waals surface area contributed by atoms with E-state index in [0.29, 0.717) is 5.95 Å². The van der Waals surface area contributed by atoms with E-state index in [1.165, 1.54) is 11.3 Å². The van der Waals surface area contributed by atoms with Crippen molar-refractivity contribution in [1.82, 2.24) is 14.9 Å². The van der Waals surface area contributed by atoms with Crippen LogP contribution in [0.3, 0.4) is 0 Å². The molecule has 0 fully saturated rings. The van der Waals surface area contributed by atoms with Crippen molar-refractivity contribution >= 4 is 33.3 Å². The van der Waals surface area contributed by atoms with Gasteiger partial charge in [-0.1, -0.05) is 13.8 Å². The number of hydrogen-bond acceptors (Lipinski definition) is 7. The van der Waals surface area contributed by atoms with E-state index in [-0.39, 0.29) is 0 Å². The summed E-state index contributed by atoms with van der Waals surface area (Å²) in [7, 11) is 0. The number of thiophene rings is 1. The van der Waals surface area contributed by atoms with Crippen LogP contribution in [-0.2, 0) is 0 Å². The Morgan fingerprint density at radius 1 is 1.29 bits per heavy atom. The number of anilines is 2. The number of aryl methyl sites for hydroxylation is 1. The fourth-order valence-electron chi connectivity index (χ4n) is 2.32. The van der Waals surface area contributed by atoms with Gasteiger partial charge in [-0.3, -0.25) is 5.43 Å². The molecule has 21 heavy (non-hydrogen) atoms. The minimum atomic E-state index is 0.452. The normalized spacial score (nSPS) is 11.3. The SMILES string of the molecule is CCCN(CC)CCNc1nc(NN)nc2sc(C)cc12. The van der Waals surface area contributed by atoms with Crippen LogP contribution in [0.4, 0.5) is 11.8 Å². The predicted octanol–water partition coefficient (Wildman–Crippen LogP) is 2.43. The summed E-state index contributed by atoms with van der Waals surface area (Å²) in [6.07, 6.45) is 1.18. The summed E-state index contributed by atoms with van der Waals surface area (Å²) in [6, 6.07) is 2.12. The molecule has 0 aliphatic rings. The van der Waals surface area contributed by atoms with Gasteiger partial charge in [0.15, 0.2) is 0 Å². The van der Waals surface area contributed by atoms with Crippen LogP contribution >= 0.6 is 11.3 Å². The third-order valence-electron chi connectivity index (χ3n) is 3.35. The van der Waals surface area contributed by atoms with E-state index in [1.807, 2.05) is 0 Å². The number of aromatic nitrogens is 2. The second kappa shape index (κ2) is 7.53. The molecule has 0 aliphatic carbocycles. The van der Waals surface area contributed by atoms with Crippen molar-refractivity contribution < 1.29 is 0 Å². The Labute approximate surface area is 129 Å². The van der Waals surface area contributed by atoms with Gasteiger partial charge in [-0.25, -0.2) is 10.8 Å². The summed E-state index contributed by atoms with van der Waals surface area (Å²) in [4.78, 5) is 13.4. The molecular formula is C14H24N6S. The average molecular weight is 308 g/mol. The lowest BCUT2D eigenvalue weighted by Gasteiger charge is -2.19. The van der Waals surface area contributed by atoms with E-state index in [2.05, 4.69) is 52.4 Å². The lowest BCUT2D eigenvalue weighted by atomic mass is 10.3. The van der Waals surface area contributed by atoms with Crippen LogP contribution in [0.15, 0.2) is 6.07 Å². The molecule has 116 valence electrons. The first-order valence-electron chi connectivity index (χ1n) is 7.39. The number of nitrogens with one attached hydrogen (secondary N) is 2. The van der Waals surface area contributed by atoms with Gasteiger partial charge < -0.3 is 10.2 Å². The van der Waals surface area contributed by atoms with E-state index < -0.39 is 0 Å². The Kier molecular flexibility index (Phi) is 5.72. The number of nitrogens with zero attached hydrogens (tertiary/aromatic N) is 3. The molecular weight excluding hydrogens is 284 g/mol. The molecule has 2 heterocycles. The zero-order valence-electron chi connectivity index (χ0n) is 12.9. The van der Waals surface area contributed by atoms with Gasteiger partial charge in [-0.2, -0.15) is 4.98 Å². The van der Waals surface area contributed by atoms with E-state index in [4.69, 9.17) is 5.84 Å². The van der Waals surface area contributed by atoms with Gasteiger partial charge in [-0.05, 0) is 32.5 Å². The smallest absolute Gasteiger partial charge is 0.240 e. The molecule has 0 saturated heterocycles. The molecule has 0 radical (unpaired) electrons. The van der Waals surface area contributed by atoms with E-state index in [9.17, 15) is 0 Å². The summed E-state index contributed by atoms with van der Waals surface area (Å²) in [5.74, 6) is 6.75. The van der Waals surface area contributed by atoms with Gasteiger partial charge in [0.2, 0.25) is 5.95 Å². The Balaban J connectivity index is 2.10. The first-order valence-corrected chi connectivity index (χ1v) is 8.20. The molecule has 2 rings (SSSR count). The minimum absolute atomic E-state index is 0.452. The van der Waals surface area contributed by atoms with Crippen LogP contribution in [0.1, 0.15) is 25.1 Å². The Bertz CT molecular complexity index is 582. The van der Waals surface area contributed by atoms with Crippen molar-refractivity contribution in [3.05, 3.63) is 10.9 Å². The van der Waals surface area contributed by atoms with E-state index in [0.717, 1.165) is 42.2 Å². The van der Waals surface area contributed by atoms with Crippen molar-refractivity contribution in [1.29, 1.82) is 0 Å². The van der Waals surface area contributed by atoms with Gasteiger partial charge in [0.25, 0.3) is 0 Å². The largest absolute Gasteiger partial charge is 0.368 e. The molecule has 0 aromatic carbocycles. The molecule has 6 nitrogen and oxygen atoms in total. The maximum atomic E-state index is 5.45. The molecule has 0 saturated carbocycles. The summed E-state index contributed by atoms with van der Waals surface area (Å²) in [5, 5.41) is 4.48. The number of hydrogen-bond donors (Lipinski definition) is 3. The summed E-state index contributed by atoms with van der Waals surface area (Å²) in [5.41, 5.74) is 2.53. The zero-order chi connectivity index (χ0) is 15.2. The fourth-order valence-corrected chi connectivity index (χ4v) is 3.20. The van der Waals surface area contributed by atoms with Crippen LogP contribution in [0.5, 0.6) is 0 Å². The van der Waals surface area contributed by atoms with Crippen LogP contribution in [0.2, 0.25) is 0 Å². The molecule has 0 aliphatic heterocycles. The highest BCUT2D eigenvalue weighted by atomic mass is 32.1. The highest BCUT2D eigenvalue weighted by molar-refractivity contribution is 7.18. The molecule has 2 aromatic rings. The topological polar surface area (TPSA) is 79.1 Å². The van der Waals surface area contributed by atoms with Crippen LogP contribution in [0, 0.1) is 6.92 Å². The van der Waals surface area contributed by atoms with Gasteiger partial charge in [0.1, 0.15) is 10.6 Å². The molecule has 0 amide bonds. The third kappa shape index (κ3) is 4.03. The number of nitrogen functional groups attached to an aromatic ring is 1. The lowest BCUT2D eigenvalue weighted by Crippen LogP contribution is -2.29. The average Bonchev–Trinajstić information content (AvgIpc) is 2.86.